The summed E-state index contributed by atoms with van der Waals surface area (Å²) in [7, 11) is -3.96. The fraction of sp³-hybridized carbons (Fsp3) is 0.0714. The largest absolute Gasteiger partial charge is 0.333 e. The van der Waals surface area contributed by atoms with E-state index in [9.17, 15) is 23.3 Å². The highest BCUT2D eigenvalue weighted by Gasteiger charge is 2.16. The number of nitrogens with one attached hydrogen (secondary N) is 2. The van der Waals surface area contributed by atoms with Crippen LogP contribution in [0.2, 0.25) is 0 Å². The van der Waals surface area contributed by atoms with E-state index in [-0.39, 0.29) is 17.1 Å². The third kappa shape index (κ3) is 4.51. The Morgan fingerprint density at radius 1 is 1.09 bits per heavy atom. The minimum atomic E-state index is -3.96. The van der Waals surface area contributed by atoms with Gasteiger partial charge in [0.05, 0.1) is 9.82 Å². The van der Waals surface area contributed by atoms with E-state index in [2.05, 4.69) is 5.32 Å². The molecule has 0 heterocycles. The Morgan fingerprint density at radius 3 is 2.43 bits per heavy atom. The Bertz CT molecular complexity index is 821. The first kappa shape index (κ1) is 16.4. The summed E-state index contributed by atoms with van der Waals surface area (Å²) in [6.45, 7) is -0.0438. The van der Waals surface area contributed by atoms with Crippen molar-refractivity contribution in [1.82, 2.24) is 10.0 Å². The molecule has 0 spiro atoms. The van der Waals surface area contributed by atoms with Crippen molar-refractivity contribution in [3.8, 4) is 0 Å². The molecule has 23 heavy (non-hydrogen) atoms. The van der Waals surface area contributed by atoms with Crippen molar-refractivity contribution in [1.29, 1.82) is 0 Å². The minimum absolute atomic E-state index is 0.0366. The highest BCUT2D eigenvalue weighted by molar-refractivity contribution is 7.90. The second-order valence-corrected chi connectivity index (χ2v) is 6.21. The summed E-state index contributed by atoms with van der Waals surface area (Å²) >= 11 is 0. The summed E-state index contributed by atoms with van der Waals surface area (Å²) in [5.74, 6) is 0. The molecule has 2 rings (SSSR count). The maximum absolute atomic E-state index is 11.9. The summed E-state index contributed by atoms with van der Waals surface area (Å²) in [4.78, 5) is 21.8. The Labute approximate surface area is 132 Å². The Morgan fingerprint density at radius 2 is 1.78 bits per heavy atom. The average Bonchev–Trinajstić information content (AvgIpc) is 2.53. The molecule has 0 atom stereocenters. The maximum Gasteiger partial charge on any atom is 0.328 e. The molecule has 0 unspecified atom stereocenters. The van der Waals surface area contributed by atoms with Gasteiger partial charge >= 0.3 is 6.03 Å². The number of benzene rings is 2. The molecular formula is C14H13N3O5S. The SMILES string of the molecule is O=C(NCc1cccc([N+](=O)[O-])c1)NS(=O)(=O)c1ccccc1. The molecule has 2 amide bonds. The van der Waals surface area contributed by atoms with E-state index in [1.807, 2.05) is 4.72 Å². The summed E-state index contributed by atoms with van der Waals surface area (Å²) in [5, 5.41) is 13.0. The number of hydrogen-bond donors (Lipinski definition) is 2. The van der Waals surface area contributed by atoms with Gasteiger partial charge in [-0.15, -0.1) is 0 Å². The molecule has 0 bridgehead atoms. The van der Waals surface area contributed by atoms with E-state index in [1.54, 1.807) is 12.1 Å². The van der Waals surface area contributed by atoms with Crippen LogP contribution in [0.1, 0.15) is 5.56 Å². The van der Waals surface area contributed by atoms with Crippen LogP contribution in [0.25, 0.3) is 0 Å². The van der Waals surface area contributed by atoms with Crippen LogP contribution in [0, 0.1) is 10.1 Å². The van der Waals surface area contributed by atoms with E-state index in [0.29, 0.717) is 5.56 Å². The summed E-state index contributed by atoms with van der Waals surface area (Å²) in [5.41, 5.74) is 0.369. The first-order valence-electron chi connectivity index (χ1n) is 6.47. The minimum Gasteiger partial charge on any atom is -0.333 e. The molecule has 0 aliphatic heterocycles. The number of urea groups is 1. The summed E-state index contributed by atoms with van der Waals surface area (Å²) in [6.07, 6.45) is 0. The fourth-order valence-corrected chi connectivity index (χ4v) is 2.73. The molecule has 8 nitrogen and oxygen atoms in total. The van der Waals surface area contributed by atoms with Gasteiger partial charge in [-0.2, -0.15) is 0 Å². The molecular weight excluding hydrogens is 322 g/mol. The lowest BCUT2D eigenvalue weighted by atomic mass is 10.2. The molecule has 9 heteroatoms. The van der Waals surface area contributed by atoms with E-state index in [0.717, 1.165) is 0 Å². The molecule has 0 aromatic heterocycles. The number of carbonyl (C=O) groups is 1. The Balaban J connectivity index is 1.98. The molecule has 0 saturated heterocycles. The van der Waals surface area contributed by atoms with E-state index < -0.39 is 21.0 Å². The van der Waals surface area contributed by atoms with Gasteiger partial charge in [-0.3, -0.25) is 10.1 Å². The quantitative estimate of drug-likeness (QED) is 0.638. The number of hydrogen-bond acceptors (Lipinski definition) is 5. The number of sulfonamides is 1. The van der Waals surface area contributed by atoms with Gasteiger partial charge in [0.2, 0.25) is 0 Å². The highest BCUT2D eigenvalue weighted by atomic mass is 32.2. The zero-order valence-corrected chi connectivity index (χ0v) is 12.6. The molecule has 0 radical (unpaired) electrons. The molecule has 0 aliphatic rings. The number of nitrogens with zero attached hydrogens (tertiary/aromatic N) is 1. The van der Waals surface area contributed by atoms with Crippen LogP contribution in [0.15, 0.2) is 59.5 Å². The summed E-state index contributed by atoms with van der Waals surface area (Å²) < 4.78 is 25.7. The van der Waals surface area contributed by atoms with Crippen molar-refractivity contribution < 1.29 is 18.1 Å². The lowest BCUT2D eigenvalue weighted by molar-refractivity contribution is -0.384. The van der Waals surface area contributed by atoms with Crippen molar-refractivity contribution in [3.63, 3.8) is 0 Å². The number of carbonyl (C=O) groups excluding carboxylic acids is 1. The lowest BCUT2D eigenvalue weighted by Gasteiger charge is -2.08. The first-order chi connectivity index (χ1) is 10.9. The topological polar surface area (TPSA) is 118 Å². The van der Waals surface area contributed by atoms with Gasteiger partial charge in [0.25, 0.3) is 15.7 Å². The Kier molecular flexibility index (Phi) is 4.91. The standard InChI is InChI=1S/C14H13N3O5S/c18-14(16-23(21,22)13-7-2-1-3-8-13)15-10-11-5-4-6-12(9-11)17(19)20/h1-9H,10H2,(H2,15,16,18). The number of amides is 2. The fourth-order valence-electron chi connectivity index (χ4n) is 1.78. The van der Waals surface area contributed by atoms with Crippen LogP contribution in [0.5, 0.6) is 0 Å². The van der Waals surface area contributed by atoms with Gasteiger partial charge in [0.15, 0.2) is 0 Å². The van der Waals surface area contributed by atoms with Gasteiger partial charge in [0.1, 0.15) is 0 Å². The third-order valence-corrected chi connectivity index (χ3v) is 4.20. The maximum atomic E-state index is 11.9. The number of non-ortho nitro benzene ring substituents is 1. The van der Waals surface area contributed by atoms with Crippen molar-refractivity contribution in [2.75, 3.05) is 0 Å². The van der Waals surface area contributed by atoms with Gasteiger partial charge < -0.3 is 5.32 Å². The molecule has 0 saturated carbocycles. The predicted octanol–water partition coefficient (Wildman–Crippen LogP) is 1.78. The van der Waals surface area contributed by atoms with Crippen LogP contribution in [0.3, 0.4) is 0 Å². The van der Waals surface area contributed by atoms with Crippen molar-refractivity contribution >= 4 is 21.7 Å². The highest BCUT2D eigenvalue weighted by Crippen LogP contribution is 2.12. The van der Waals surface area contributed by atoms with E-state index in [1.165, 1.54) is 42.5 Å². The van der Waals surface area contributed by atoms with Crippen molar-refractivity contribution in [3.05, 3.63) is 70.3 Å². The van der Waals surface area contributed by atoms with Crippen LogP contribution in [0.4, 0.5) is 10.5 Å². The third-order valence-electron chi connectivity index (χ3n) is 2.86. The molecule has 2 aromatic rings. The number of nitro benzene ring substituents is 1. The molecule has 0 fully saturated rings. The number of rotatable bonds is 5. The van der Waals surface area contributed by atoms with E-state index in [4.69, 9.17) is 0 Å². The second-order valence-electron chi connectivity index (χ2n) is 4.53. The Hall–Kier alpha value is -2.94. The zero-order valence-electron chi connectivity index (χ0n) is 11.8. The molecule has 120 valence electrons. The van der Waals surface area contributed by atoms with Crippen molar-refractivity contribution in [2.24, 2.45) is 0 Å². The zero-order chi connectivity index (χ0) is 16.9. The van der Waals surface area contributed by atoms with Crippen LogP contribution in [-0.4, -0.2) is 19.4 Å². The smallest absolute Gasteiger partial charge is 0.328 e. The number of nitro groups is 1. The molecule has 2 N–H and O–H groups in total. The lowest BCUT2D eigenvalue weighted by Crippen LogP contribution is -2.39. The van der Waals surface area contributed by atoms with Gasteiger partial charge in [-0.1, -0.05) is 30.3 Å². The van der Waals surface area contributed by atoms with Crippen LogP contribution < -0.4 is 10.0 Å². The predicted molar refractivity (Wildman–Crippen MR) is 82.1 cm³/mol. The monoisotopic (exact) mass is 335 g/mol. The second kappa shape index (κ2) is 6.88. The summed E-state index contributed by atoms with van der Waals surface area (Å²) in [6, 6.07) is 12.2. The van der Waals surface area contributed by atoms with Crippen LogP contribution in [-0.2, 0) is 16.6 Å². The normalized spacial score (nSPS) is 10.8. The van der Waals surface area contributed by atoms with Gasteiger partial charge in [0, 0.05) is 18.7 Å². The molecule has 2 aromatic carbocycles. The van der Waals surface area contributed by atoms with Crippen molar-refractivity contribution in [2.45, 2.75) is 11.4 Å². The molecule has 0 aliphatic carbocycles. The van der Waals surface area contributed by atoms with Gasteiger partial charge in [-0.05, 0) is 17.7 Å². The first-order valence-corrected chi connectivity index (χ1v) is 7.96. The van der Waals surface area contributed by atoms with Gasteiger partial charge in [-0.25, -0.2) is 17.9 Å². The average molecular weight is 335 g/mol. The van der Waals surface area contributed by atoms with Crippen LogP contribution >= 0.6 is 0 Å². The van der Waals surface area contributed by atoms with E-state index >= 15 is 0 Å².